The van der Waals surface area contributed by atoms with Gasteiger partial charge in [0.25, 0.3) is 5.91 Å². The monoisotopic (exact) mass is 446 g/mol. The molecule has 1 aliphatic carbocycles. The first kappa shape index (κ1) is 21.7. The summed E-state index contributed by atoms with van der Waals surface area (Å²) < 4.78 is 1.50. The number of carbonyl (C=O) groups is 2. The van der Waals surface area contributed by atoms with Crippen molar-refractivity contribution in [3.05, 3.63) is 35.1 Å². The van der Waals surface area contributed by atoms with Gasteiger partial charge in [0.2, 0.25) is 5.91 Å². The van der Waals surface area contributed by atoms with Crippen LogP contribution in [0.25, 0.3) is 5.69 Å². The van der Waals surface area contributed by atoms with Gasteiger partial charge in [0.15, 0.2) is 0 Å². The summed E-state index contributed by atoms with van der Waals surface area (Å²) >= 11 is 6.15. The molecule has 1 aliphatic heterocycles. The number of tetrazole rings is 1. The van der Waals surface area contributed by atoms with Gasteiger partial charge in [0, 0.05) is 18.1 Å². The van der Waals surface area contributed by atoms with Gasteiger partial charge in [0.1, 0.15) is 18.5 Å². The van der Waals surface area contributed by atoms with Crippen LogP contribution in [0.4, 0.5) is 0 Å². The minimum Gasteiger partial charge on any atom is -0.383 e. The zero-order valence-electron chi connectivity index (χ0n) is 17.8. The van der Waals surface area contributed by atoms with Crippen LogP contribution in [-0.2, 0) is 16.1 Å². The number of likely N-dealkylation sites (tertiary alicyclic amines) is 1. The molecule has 0 spiro atoms. The fraction of sp³-hybridized carbons (Fsp3) is 0.571. The van der Waals surface area contributed by atoms with E-state index in [2.05, 4.69) is 20.8 Å². The molecule has 2 aliphatic rings. The van der Waals surface area contributed by atoms with Crippen molar-refractivity contribution >= 4 is 23.4 Å². The molecule has 0 unspecified atom stereocenters. The lowest BCUT2D eigenvalue weighted by atomic mass is 9.88. The number of aliphatic hydroxyl groups is 1. The lowest BCUT2D eigenvalue weighted by Gasteiger charge is -2.30. The van der Waals surface area contributed by atoms with Crippen molar-refractivity contribution in [2.24, 2.45) is 17.3 Å². The Bertz CT molecular complexity index is 974. The van der Waals surface area contributed by atoms with E-state index in [4.69, 9.17) is 11.6 Å². The molecular weight excluding hydrogens is 420 g/mol. The number of aliphatic hydroxyl groups excluding tert-OH is 1. The average Bonchev–Trinajstić information content (AvgIpc) is 3.10. The largest absolute Gasteiger partial charge is 0.383 e. The fourth-order valence-electron chi connectivity index (χ4n) is 4.36. The number of halogens is 1. The van der Waals surface area contributed by atoms with Gasteiger partial charge in [-0.15, -0.1) is 5.10 Å². The van der Waals surface area contributed by atoms with Gasteiger partial charge in [-0.2, -0.15) is 0 Å². The Labute approximate surface area is 185 Å². The Morgan fingerprint density at radius 1 is 1.35 bits per heavy atom. The molecule has 1 aromatic heterocycles. The second kappa shape index (κ2) is 8.20. The van der Waals surface area contributed by atoms with Crippen molar-refractivity contribution < 1.29 is 14.7 Å². The Hall–Kier alpha value is -2.52. The van der Waals surface area contributed by atoms with Gasteiger partial charge in [-0.3, -0.25) is 9.59 Å². The normalized spacial score (nSPS) is 23.4. The van der Waals surface area contributed by atoms with Crippen LogP contribution in [0.3, 0.4) is 0 Å². The highest BCUT2D eigenvalue weighted by Crippen LogP contribution is 2.50. The Morgan fingerprint density at radius 3 is 2.81 bits per heavy atom. The highest BCUT2D eigenvalue weighted by molar-refractivity contribution is 6.30. The highest BCUT2D eigenvalue weighted by Gasteiger charge is 2.57. The van der Waals surface area contributed by atoms with Crippen molar-refractivity contribution in [1.29, 1.82) is 0 Å². The van der Waals surface area contributed by atoms with Crippen LogP contribution in [0.2, 0.25) is 5.02 Å². The third-order valence-corrected chi connectivity index (χ3v) is 6.12. The molecule has 0 radical (unpaired) electrons. The smallest absolute Gasteiger partial charge is 0.252 e. The SMILES string of the molecule is CC(C)(C)C[C@@H](O)C(=O)N1C[C@@H]2C[C@@H]2[C@H]1C(=O)NCc1cc(Cl)ccc1-n1cnnn1. The standard InChI is InChI=1S/C21H27ClN6O3/c1-21(2,3)8-17(29)20(31)27-10-13-7-15(13)18(27)19(30)23-9-12-6-14(22)4-5-16(12)28-11-24-25-26-28/h4-6,11,13,15,17-18,29H,7-10H2,1-3H3,(H,23,30)/t13-,15-,17+,18-/m0/s1. The van der Waals surface area contributed by atoms with Crippen molar-refractivity contribution in [1.82, 2.24) is 30.4 Å². The van der Waals surface area contributed by atoms with Crippen LogP contribution >= 0.6 is 11.6 Å². The number of fused-ring (bicyclic) bond motifs is 1. The molecule has 166 valence electrons. The molecule has 2 aromatic rings. The Kier molecular flexibility index (Phi) is 5.74. The zero-order valence-corrected chi connectivity index (χ0v) is 18.6. The molecule has 1 aromatic carbocycles. The summed E-state index contributed by atoms with van der Waals surface area (Å²) in [7, 11) is 0. The third-order valence-electron chi connectivity index (χ3n) is 5.88. The second-order valence-electron chi connectivity index (χ2n) is 9.62. The molecule has 1 saturated carbocycles. The predicted octanol–water partition coefficient (Wildman–Crippen LogP) is 1.58. The summed E-state index contributed by atoms with van der Waals surface area (Å²) in [6.07, 6.45) is 1.65. The summed E-state index contributed by atoms with van der Waals surface area (Å²) in [5, 5.41) is 25.1. The van der Waals surface area contributed by atoms with Crippen LogP contribution in [0.5, 0.6) is 0 Å². The van der Waals surface area contributed by atoms with Gasteiger partial charge >= 0.3 is 0 Å². The highest BCUT2D eigenvalue weighted by atomic mass is 35.5. The minimum atomic E-state index is -1.10. The molecular formula is C21H27ClN6O3. The zero-order chi connectivity index (χ0) is 22.3. The van der Waals surface area contributed by atoms with Crippen LogP contribution in [0.1, 0.15) is 39.2 Å². The van der Waals surface area contributed by atoms with E-state index >= 15 is 0 Å². The quantitative estimate of drug-likeness (QED) is 0.696. The van der Waals surface area contributed by atoms with E-state index in [-0.39, 0.29) is 29.7 Å². The summed E-state index contributed by atoms with van der Waals surface area (Å²) in [4.78, 5) is 27.5. The topological polar surface area (TPSA) is 113 Å². The molecule has 4 atom stereocenters. The summed E-state index contributed by atoms with van der Waals surface area (Å²) in [6.45, 7) is 6.66. The lowest BCUT2D eigenvalue weighted by Crippen LogP contribution is -2.51. The number of hydrogen-bond donors (Lipinski definition) is 2. The number of amides is 2. The van der Waals surface area contributed by atoms with E-state index in [1.54, 1.807) is 23.1 Å². The lowest BCUT2D eigenvalue weighted by molar-refractivity contribution is -0.147. The van der Waals surface area contributed by atoms with Crippen LogP contribution in [0.15, 0.2) is 24.5 Å². The van der Waals surface area contributed by atoms with E-state index in [0.29, 0.717) is 29.6 Å². The number of carbonyl (C=O) groups excluding carboxylic acids is 2. The maximum Gasteiger partial charge on any atom is 0.252 e. The Morgan fingerprint density at radius 2 is 2.13 bits per heavy atom. The number of nitrogens with one attached hydrogen (secondary N) is 1. The van der Waals surface area contributed by atoms with Crippen LogP contribution in [-0.4, -0.2) is 60.7 Å². The molecule has 0 bridgehead atoms. The van der Waals surface area contributed by atoms with Crippen LogP contribution in [0, 0.1) is 17.3 Å². The van der Waals surface area contributed by atoms with Gasteiger partial charge in [-0.1, -0.05) is 32.4 Å². The first-order valence-corrected chi connectivity index (χ1v) is 10.8. The molecule has 10 heteroatoms. The van der Waals surface area contributed by atoms with Crippen molar-refractivity contribution in [3.63, 3.8) is 0 Å². The molecule has 31 heavy (non-hydrogen) atoms. The molecule has 2 fully saturated rings. The average molecular weight is 447 g/mol. The van der Waals surface area contributed by atoms with E-state index in [9.17, 15) is 14.7 Å². The molecule has 1 saturated heterocycles. The number of piperidine rings is 1. The van der Waals surface area contributed by atoms with Gasteiger partial charge < -0.3 is 15.3 Å². The molecule has 2 amide bonds. The number of aromatic nitrogens is 4. The van der Waals surface area contributed by atoms with Gasteiger partial charge in [0.05, 0.1) is 5.69 Å². The van der Waals surface area contributed by atoms with E-state index in [0.717, 1.165) is 12.0 Å². The van der Waals surface area contributed by atoms with Gasteiger partial charge in [-0.05, 0) is 64.3 Å². The number of rotatable bonds is 6. The van der Waals surface area contributed by atoms with E-state index in [1.807, 2.05) is 20.8 Å². The maximum absolute atomic E-state index is 13.1. The molecule has 2 heterocycles. The van der Waals surface area contributed by atoms with Crippen molar-refractivity contribution in [2.45, 2.75) is 52.3 Å². The second-order valence-corrected chi connectivity index (χ2v) is 10.1. The molecule has 2 N–H and O–H groups in total. The van der Waals surface area contributed by atoms with E-state index < -0.39 is 12.1 Å². The molecule has 9 nitrogen and oxygen atoms in total. The fourth-order valence-corrected chi connectivity index (χ4v) is 4.56. The van der Waals surface area contributed by atoms with Crippen molar-refractivity contribution in [2.75, 3.05) is 6.54 Å². The number of benzene rings is 1. The summed E-state index contributed by atoms with van der Waals surface area (Å²) in [5.74, 6) is -0.0861. The van der Waals surface area contributed by atoms with E-state index in [1.165, 1.54) is 11.0 Å². The summed E-state index contributed by atoms with van der Waals surface area (Å²) in [6, 6.07) is 4.71. The number of hydrogen-bond acceptors (Lipinski definition) is 6. The third kappa shape index (κ3) is 4.72. The summed E-state index contributed by atoms with van der Waals surface area (Å²) in [5.41, 5.74) is 1.28. The predicted molar refractivity (Wildman–Crippen MR) is 113 cm³/mol. The first-order valence-electron chi connectivity index (χ1n) is 10.4. The first-order chi connectivity index (χ1) is 14.6. The minimum absolute atomic E-state index is 0.157. The van der Waals surface area contributed by atoms with Crippen LogP contribution < -0.4 is 5.32 Å². The van der Waals surface area contributed by atoms with Gasteiger partial charge in [-0.25, -0.2) is 4.68 Å². The Balaban J connectivity index is 1.46. The number of nitrogens with zero attached hydrogens (tertiary/aromatic N) is 5. The molecule has 4 rings (SSSR count). The van der Waals surface area contributed by atoms with Crippen molar-refractivity contribution in [3.8, 4) is 5.69 Å². The maximum atomic E-state index is 13.1.